The molecular weight excluding hydrogens is 341 g/mol. The Kier molecular flexibility index (Phi) is 3.73. The summed E-state index contributed by atoms with van der Waals surface area (Å²) in [6.45, 7) is 0. The highest BCUT2D eigenvalue weighted by Crippen LogP contribution is 2.31. The Labute approximate surface area is 136 Å². The molecule has 3 N–H and O–H groups in total. The summed E-state index contributed by atoms with van der Waals surface area (Å²) in [7, 11) is 0. The number of hydrogen-bond acceptors (Lipinski definition) is 5. The number of carbonyl (C=O) groups excluding carboxylic acids is 1. The Morgan fingerprint density at radius 2 is 1.83 bits per heavy atom. The molecular formula is C14H8FN3O5S. The van der Waals surface area contributed by atoms with Crippen LogP contribution in [0.25, 0.3) is 10.2 Å². The average molecular weight is 349 g/mol. The van der Waals surface area contributed by atoms with Crippen LogP contribution < -0.4 is 5.32 Å². The molecule has 122 valence electrons. The van der Waals surface area contributed by atoms with Crippen LogP contribution in [0, 0.1) is 5.82 Å². The monoisotopic (exact) mass is 349 g/mol. The number of aromatic carboxylic acids is 1. The minimum Gasteiger partial charge on any atom is -0.477 e. The van der Waals surface area contributed by atoms with E-state index in [1.807, 2.05) is 0 Å². The van der Waals surface area contributed by atoms with Crippen LogP contribution >= 0.6 is 11.3 Å². The van der Waals surface area contributed by atoms with Gasteiger partial charge in [0, 0.05) is 5.56 Å². The second-order valence-electron chi connectivity index (χ2n) is 4.64. The Bertz CT molecular complexity index is 976. The fourth-order valence-corrected chi connectivity index (χ4v) is 2.96. The number of nitrogens with one attached hydrogen (secondary N) is 1. The number of thiophene rings is 1. The second kappa shape index (κ2) is 5.74. The number of aromatic nitrogens is 2. The number of nitrogens with zero attached hydrogens (tertiary/aromatic N) is 2. The molecule has 0 saturated carbocycles. The van der Waals surface area contributed by atoms with Gasteiger partial charge >= 0.3 is 12.1 Å². The number of hydrogen-bond donors (Lipinski definition) is 3. The van der Waals surface area contributed by atoms with Crippen molar-refractivity contribution in [3.05, 3.63) is 46.6 Å². The van der Waals surface area contributed by atoms with Crippen LogP contribution in [0.3, 0.4) is 0 Å². The van der Waals surface area contributed by atoms with Gasteiger partial charge in [0.15, 0.2) is 5.82 Å². The minimum absolute atomic E-state index is 0.0781. The third kappa shape index (κ3) is 2.70. The average Bonchev–Trinajstić information content (AvgIpc) is 3.08. The smallest absolute Gasteiger partial charge is 0.433 e. The standard InChI is InChI=1S/C14H8FN3O5S/c15-7-3-1-6(2-4-7)11(19)16-10-8-5-9(13(20)21)24-12(8)18(17-10)14(22)23/h1-5H,(H,20,21)(H,22,23)(H,16,17,19). The minimum atomic E-state index is -1.42. The lowest BCUT2D eigenvalue weighted by molar-refractivity contribution is 0.0702. The van der Waals surface area contributed by atoms with Crippen LogP contribution in [0.1, 0.15) is 20.0 Å². The Morgan fingerprint density at radius 3 is 2.42 bits per heavy atom. The molecule has 8 nitrogen and oxygen atoms in total. The lowest BCUT2D eigenvalue weighted by Crippen LogP contribution is -2.14. The maximum atomic E-state index is 12.9. The number of carboxylic acid groups (broad SMARTS) is 2. The van der Waals surface area contributed by atoms with Gasteiger partial charge in [0.1, 0.15) is 15.5 Å². The molecule has 2 heterocycles. The number of carboxylic acids is 1. The van der Waals surface area contributed by atoms with Gasteiger partial charge in [-0.15, -0.1) is 16.4 Å². The lowest BCUT2D eigenvalue weighted by atomic mass is 10.2. The molecule has 0 fully saturated rings. The number of carbonyl (C=O) groups is 3. The summed E-state index contributed by atoms with van der Waals surface area (Å²) in [5.74, 6) is -2.45. The predicted octanol–water partition coefficient (Wildman–Crippen LogP) is 2.71. The van der Waals surface area contributed by atoms with E-state index in [4.69, 9.17) is 10.2 Å². The zero-order chi connectivity index (χ0) is 17.4. The molecule has 0 aliphatic rings. The van der Waals surface area contributed by atoms with E-state index in [1.165, 1.54) is 18.2 Å². The first-order valence-corrected chi connectivity index (χ1v) is 7.24. The number of anilines is 1. The Balaban J connectivity index is 2.02. The summed E-state index contributed by atoms with van der Waals surface area (Å²) in [5.41, 5.74) is 0.142. The maximum Gasteiger partial charge on any atom is 0.433 e. The molecule has 1 aromatic carbocycles. The molecule has 3 aromatic rings. The zero-order valence-corrected chi connectivity index (χ0v) is 12.5. The van der Waals surface area contributed by atoms with Crippen molar-refractivity contribution in [2.45, 2.75) is 0 Å². The Morgan fingerprint density at radius 1 is 1.17 bits per heavy atom. The summed E-state index contributed by atoms with van der Waals surface area (Å²) < 4.78 is 13.5. The van der Waals surface area contributed by atoms with Crippen molar-refractivity contribution in [2.75, 3.05) is 5.32 Å². The Hall–Kier alpha value is -3.27. The number of halogens is 1. The van der Waals surface area contributed by atoms with Gasteiger partial charge in [-0.2, -0.15) is 4.68 Å². The van der Waals surface area contributed by atoms with E-state index in [9.17, 15) is 18.8 Å². The first-order valence-electron chi connectivity index (χ1n) is 6.43. The van der Waals surface area contributed by atoms with E-state index in [-0.39, 0.29) is 26.5 Å². The summed E-state index contributed by atoms with van der Waals surface area (Å²) >= 11 is 0.725. The SMILES string of the molecule is O=C(Nc1nn(C(=O)O)c2sc(C(=O)O)cc12)c1ccc(F)cc1. The van der Waals surface area contributed by atoms with Crippen molar-refractivity contribution in [1.82, 2.24) is 9.78 Å². The maximum absolute atomic E-state index is 12.9. The van der Waals surface area contributed by atoms with Crippen molar-refractivity contribution in [3.8, 4) is 0 Å². The molecule has 0 spiro atoms. The number of amides is 1. The van der Waals surface area contributed by atoms with E-state index < -0.39 is 23.8 Å². The zero-order valence-electron chi connectivity index (χ0n) is 11.7. The molecule has 24 heavy (non-hydrogen) atoms. The molecule has 2 aromatic heterocycles. The first kappa shape index (κ1) is 15.6. The van der Waals surface area contributed by atoms with Crippen molar-refractivity contribution in [1.29, 1.82) is 0 Å². The van der Waals surface area contributed by atoms with Gasteiger partial charge in [-0.1, -0.05) is 0 Å². The molecule has 0 bridgehead atoms. The normalized spacial score (nSPS) is 10.7. The van der Waals surface area contributed by atoms with Crippen molar-refractivity contribution < 1.29 is 29.0 Å². The van der Waals surface area contributed by atoms with Crippen molar-refractivity contribution in [3.63, 3.8) is 0 Å². The number of rotatable bonds is 3. The largest absolute Gasteiger partial charge is 0.477 e. The first-order chi connectivity index (χ1) is 11.4. The predicted molar refractivity (Wildman–Crippen MR) is 82.3 cm³/mol. The molecule has 0 unspecified atom stereocenters. The van der Waals surface area contributed by atoms with E-state index in [0.29, 0.717) is 4.68 Å². The highest BCUT2D eigenvalue weighted by molar-refractivity contribution is 7.20. The highest BCUT2D eigenvalue weighted by atomic mass is 32.1. The van der Waals surface area contributed by atoms with Gasteiger partial charge in [-0.05, 0) is 30.3 Å². The van der Waals surface area contributed by atoms with Gasteiger partial charge in [-0.25, -0.2) is 14.0 Å². The van der Waals surface area contributed by atoms with Crippen LogP contribution in [0.2, 0.25) is 0 Å². The van der Waals surface area contributed by atoms with E-state index >= 15 is 0 Å². The summed E-state index contributed by atoms with van der Waals surface area (Å²) in [6, 6.07) is 5.95. The number of fused-ring (bicyclic) bond motifs is 1. The van der Waals surface area contributed by atoms with Gasteiger partial charge < -0.3 is 15.5 Å². The van der Waals surface area contributed by atoms with Crippen molar-refractivity contribution >= 4 is 45.3 Å². The third-order valence-electron chi connectivity index (χ3n) is 3.09. The van der Waals surface area contributed by atoms with Gasteiger partial charge in [0.25, 0.3) is 5.91 Å². The summed E-state index contributed by atoms with van der Waals surface area (Å²) in [5, 5.41) is 24.5. The fourth-order valence-electron chi connectivity index (χ4n) is 2.02. The van der Waals surface area contributed by atoms with Crippen LogP contribution in [0.15, 0.2) is 30.3 Å². The van der Waals surface area contributed by atoms with E-state index in [1.54, 1.807) is 0 Å². The van der Waals surface area contributed by atoms with Gasteiger partial charge in [0.2, 0.25) is 0 Å². The third-order valence-corrected chi connectivity index (χ3v) is 4.19. The molecule has 1 amide bonds. The molecule has 0 atom stereocenters. The summed E-state index contributed by atoms with van der Waals surface area (Å²) in [4.78, 5) is 34.4. The van der Waals surface area contributed by atoms with Gasteiger partial charge in [-0.3, -0.25) is 4.79 Å². The van der Waals surface area contributed by atoms with Crippen LogP contribution in [0.5, 0.6) is 0 Å². The van der Waals surface area contributed by atoms with Crippen LogP contribution in [-0.4, -0.2) is 38.0 Å². The fraction of sp³-hybridized carbons (Fsp3) is 0. The van der Waals surface area contributed by atoms with E-state index in [0.717, 1.165) is 23.5 Å². The molecule has 0 saturated heterocycles. The molecule has 10 heteroatoms. The number of benzene rings is 1. The quantitative estimate of drug-likeness (QED) is 0.668. The summed E-state index contributed by atoms with van der Waals surface area (Å²) in [6.07, 6.45) is -1.42. The molecule has 0 aliphatic carbocycles. The van der Waals surface area contributed by atoms with Crippen molar-refractivity contribution in [2.24, 2.45) is 0 Å². The highest BCUT2D eigenvalue weighted by Gasteiger charge is 2.22. The van der Waals surface area contributed by atoms with Crippen LogP contribution in [0.4, 0.5) is 15.0 Å². The second-order valence-corrected chi connectivity index (χ2v) is 5.67. The van der Waals surface area contributed by atoms with Crippen LogP contribution in [-0.2, 0) is 0 Å². The molecule has 0 radical (unpaired) electrons. The molecule has 0 aliphatic heterocycles. The lowest BCUT2D eigenvalue weighted by Gasteiger charge is -2.02. The van der Waals surface area contributed by atoms with Gasteiger partial charge in [0.05, 0.1) is 5.39 Å². The van der Waals surface area contributed by atoms with E-state index in [2.05, 4.69) is 10.4 Å². The topological polar surface area (TPSA) is 122 Å². The molecule has 3 rings (SSSR count).